The molecule has 1 aromatic heterocycles. The SMILES string of the molecule is CC(C)(C)OC(=O)Nc1nc(/C(=N/OC(c2ccccc2)(c2ccccc2)c2ccccc2)C(=O)[O-])cs1.[Na+]. The zero-order valence-electron chi connectivity index (χ0n) is 22.1. The average molecular weight is 552 g/mol. The Morgan fingerprint density at radius 2 is 1.31 bits per heavy atom. The summed E-state index contributed by atoms with van der Waals surface area (Å²) in [5.41, 5.74) is -0.309. The van der Waals surface area contributed by atoms with Crippen LogP contribution >= 0.6 is 11.3 Å². The standard InChI is InChI=1S/C29H27N3O5S.Na/c1-28(2,3)36-27(35)31-26-30-23(19-38-26)24(25(33)34)32-37-29(20-13-7-4-8-14-20,21-15-9-5-10-16-21)22-17-11-6-12-18-22;/h4-19H,1-3H3,(H,33,34)(H,30,31,35);/q;+1/p-1/b32-24-;. The molecule has 0 aliphatic rings. The van der Waals surface area contributed by atoms with Crippen LogP contribution in [-0.2, 0) is 20.0 Å². The summed E-state index contributed by atoms with van der Waals surface area (Å²) < 4.78 is 5.23. The largest absolute Gasteiger partial charge is 1.00 e. The number of anilines is 1. The van der Waals surface area contributed by atoms with Crippen molar-refractivity contribution < 1.29 is 53.8 Å². The summed E-state index contributed by atoms with van der Waals surface area (Å²) in [5.74, 6) is -1.58. The third-order valence-electron chi connectivity index (χ3n) is 5.36. The Morgan fingerprint density at radius 1 is 0.846 bits per heavy atom. The number of hydrogen-bond acceptors (Lipinski definition) is 8. The molecule has 0 bridgehead atoms. The summed E-state index contributed by atoms with van der Waals surface area (Å²) in [6.07, 6.45) is -0.710. The van der Waals surface area contributed by atoms with Crippen LogP contribution in [0.15, 0.2) is 102 Å². The summed E-state index contributed by atoms with van der Waals surface area (Å²) in [4.78, 5) is 34.7. The number of benzene rings is 3. The molecule has 3 aromatic carbocycles. The van der Waals surface area contributed by atoms with Gasteiger partial charge in [-0.05, 0) is 20.8 Å². The number of ether oxygens (including phenoxy) is 1. The molecule has 1 heterocycles. The van der Waals surface area contributed by atoms with Gasteiger partial charge in [0.1, 0.15) is 11.3 Å². The number of carboxylic acid groups (broad SMARTS) is 1. The second-order valence-electron chi connectivity index (χ2n) is 9.26. The summed E-state index contributed by atoms with van der Waals surface area (Å²) in [7, 11) is 0. The van der Waals surface area contributed by atoms with E-state index in [0.29, 0.717) is 0 Å². The Morgan fingerprint density at radius 3 is 1.72 bits per heavy atom. The Hall–Kier alpha value is -3.50. The van der Waals surface area contributed by atoms with Gasteiger partial charge >= 0.3 is 35.7 Å². The van der Waals surface area contributed by atoms with Crippen molar-refractivity contribution in [1.82, 2.24) is 4.98 Å². The summed E-state index contributed by atoms with van der Waals surface area (Å²) >= 11 is 1.02. The number of hydrogen-bond donors (Lipinski definition) is 1. The summed E-state index contributed by atoms with van der Waals surface area (Å²) in [6, 6.07) is 28.2. The molecule has 0 saturated carbocycles. The van der Waals surface area contributed by atoms with Gasteiger partial charge in [-0.1, -0.05) is 96.2 Å². The molecule has 194 valence electrons. The van der Waals surface area contributed by atoms with Crippen LogP contribution in [0.4, 0.5) is 9.93 Å². The van der Waals surface area contributed by atoms with E-state index in [1.54, 1.807) is 20.8 Å². The Labute approximate surface area is 253 Å². The van der Waals surface area contributed by atoms with Gasteiger partial charge in [-0.3, -0.25) is 5.32 Å². The van der Waals surface area contributed by atoms with Crippen LogP contribution in [-0.4, -0.2) is 28.4 Å². The first kappa shape index (κ1) is 30.0. The van der Waals surface area contributed by atoms with Crippen molar-refractivity contribution in [3.8, 4) is 0 Å². The van der Waals surface area contributed by atoms with Crippen LogP contribution in [0.3, 0.4) is 0 Å². The fourth-order valence-electron chi connectivity index (χ4n) is 3.81. The first-order chi connectivity index (χ1) is 18.2. The maximum atomic E-state index is 12.2. The molecule has 0 aliphatic carbocycles. The predicted octanol–water partition coefficient (Wildman–Crippen LogP) is 1.96. The maximum Gasteiger partial charge on any atom is 1.00 e. The zero-order valence-corrected chi connectivity index (χ0v) is 24.9. The number of nitrogens with one attached hydrogen (secondary N) is 1. The van der Waals surface area contributed by atoms with Gasteiger partial charge in [0, 0.05) is 22.1 Å². The van der Waals surface area contributed by atoms with Crippen molar-refractivity contribution >= 4 is 34.2 Å². The number of carboxylic acids is 1. The number of rotatable bonds is 8. The molecular formula is C29H26N3NaO5S. The molecule has 10 heteroatoms. The quantitative estimate of drug-likeness (QED) is 0.155. The number of carbonyl (C=O) groups excluding carboxylic acids is 2. The first-order valence-electron chi connectivity index (χ1n) is 11.8. The molecule has 1 N–H and O–H groups in total. The molecule has 0 atom stereocenters. The van der Waals surface area contributed by atoms with Gasteiger partial charge in [-0.15, -0.1) is 11.3 Å². The Kier molecular flexibility index (Phi) is 10.0. The Bertz CT molecular complexity index is 1320. The number of thiazole rings is 1. The van der Waals surface area contributed by atoms with E-state index in [1.165, 1.54) is 5.38 Å². The number of aromatic nitrogens is 1. The van der Waals surface area contributed by atoms with Crippen molar-refractivity contribution in [3.63, 3.8) is 0 Å². The van der Waals surface area contributed by atoms with E-state index in [9.17, 15) is 14.7 Å². The maximum absolute atomic E-state index is 12.2. The number of nitrogens with zero attached hydrogens (tertiary/aromatic N) is 2. The molecule has 0 radical (unpaired) electrons. The van der Waals surface area contributed by atoms with Gasteiger partial charge in [0.25, 0.3) is 0 Å². The third-order valence-corrected chi connectivity index (χ3v) is 6.12. The Balaban J connectivity index is 0.00000420. The van der Waals surface area contributed by atoms with Gasteiger partial charge in [-0.2, -0.15) is 0 Å². The minimum absolute atomic E-state index is 0. The minimum Gasteiger partial charge on any atom is -0.543 e. The fraction of sp³-hybridized carbons (Fsp3) is 0.172. The smallest absolute Gasteiger partial charge is 0.543 e. The second kappa shape index (κ2) is 13.0. The molecule has 4 rings (SSSR count). The van der Waals surface area contributed by atoms with E-state index in [1.807, 2.05) is 91.0 Å². The molecule has 1 amide bonds. The molecule has 0 unspecified atom stereocenters. The molecule has 0 aliphatic heterocycles. The molecular weight excluding hydrogens is 525 g/mol. The van der Waals surface area contributed by atoms with Crippen LogP contribution in [0.25, 0.3) is 0 Å². The van der Waals surface area contributed by atoms with Crippen molar-refractivity contribution in [2.75, 3.05) is 5.32 Å². The van der Waals surface area contributed by atoms with E-state index in [0.717, 1.165) is 28.0 Å². The van der Waals surface area contributed by atoms with Gasteiger partial charge < -0.3 is 19.5 Å². The van der Waals surface area contributed by atoms with Gasteiger partial charge in [0.05, 0.1) is 5.97 Å². The number of amides is 1. The van der Waals surface area contributed by atoms with Gasteiger partial charge in [0.15, 0.2) is 10.8 Å². The van der Waals surface area contributed by atoms with E-state index in [2.05, 4.69) is 15.5 Å². The van der Waals surface area contributed by atoms with Crippen LogP contribution in [0, 0.1) is 0 Å². The third kappa shape index (κ3) is 7.33. The summed E-state index contributed by atoms with van der Waals surface area (Å²) in [5, 5.41) is 20.4. The monoisotopic (exact) mass is 551 g/mol. The normalized spacial score (nSPS) is 11.7. The van der Waals surface area contributed by atoms with E-state index < -0.39 is 29.0 Å². The van der Waals surface area contributed by atoms with Crippen molar-refractivity contribution in [1.29, 1.82) is 0 Å². The molecule has 39 heavy (non-hydrogen) atoms. The topological polar surface area (TPSA) is 113 Å². The molecule has 0 spiro atoms. The van der Waals surface area contributed by atoms with Gasteiger partial charge in [-0.25, -0.2) is 9.78 Å². The van der Waals surface area contributed by atoms with Crippen LogP contribution < -0.4 is 40.0 Å². The summed E-state index contributed by atoms with van der Waals surface area (Å²) in [6.45, 7) is 5.20. The second-order valence-corrected chi connectivity index (χ2v) is 10.1. The van der Waals surface area contributed by atoms with Crippen LogP contribution in [0.1, 0.15) is 43.2 Å². The van der Waals surface area contributed by atoms with E-state index in [-0.39, 0.29) is 40.4 Å². The molecule has 0 fully saturated rings. The first-order valence-corrected chi connectivity index (χ1v) is 12.7. The van der Waals surface area contributed by atoms with Crippen molar-refractivity contribution in [3.05, 3.63) is 119 Å². The van der Waals surface area contributed by atoms with Gasteiger partial charge in [0.2, 0.25) is 5.60 Å². The zero-order chi connectivity index (χ0) is 27.2. The average Bonchev–Trinajstić information content (AvgIpc) is 3.34. The number of carbonyl (C=O) groups is 2. The molecule has 4 aromatic rings. The van der Waals surface area contributed by atoms with Crippen molar-refractivity contribution in [2.24, 2.45) is 5.16 Å². The minimum atomic E-state index is -1.58. The van der Waals surface area contributed by atoms with Crippen LogP contribution in [0.5, 0.6) is 0 Å². The fourth-order valence-corrected chi connectivity index (χ4v) is 4.49. The van der Waals surface area contributed by atoms with E-state index >= 15 is 0 Å². The molecule has 8 nitrogen and oxygen atoms in total. The van der Waals surface area contributed by atoms with Crippen molar-refractivity contribution in [2.45, 2.75) is 32.0 Å². The van der Waals surface area contributed by atoms with E-state index in [4.69, 9.17) is 9.57 Å². The predicted molar refractivity (Wildman–Crippen MR) is 144 cm³/mol. The number of aliphatic carboxylic acids is 1. The number of oxime groups is 1. The van der Waals surface area contributed by atoms with Crippen LogP contribution in [0.2, 0.25) is 0 Å². The molecule has 0 saturated heterocycles.